The molecule has 8 nitrogen and oxygen atoms in total. The number of carbonyl (C=O) groups excluding carboxylic acids is 2. The van der Waals surface area contributed by atoms with Crippen LogP contribution in [0.15, 0.2) is 42.7 Å². The second-order valence-electron chi connectivity index (χ2n) is 6.40. The van der Waals surface area contributed by atoms with Crippen LogP contribution in [0.5, 0.6) is 0 Å². The molecule has 1 aliphatic rings. The van der Waals surface area contributed by atoms with Gasteiger partial charge < -0.3 is 20.1 Å². The highest BCUT2D eigenvalue weighted by molar-refractivity contribution is 5.93. The summed E-state index contributed by atoms with van der Waals surface area (Å²) >= 11 is 0. The first kappa shape index (κ1) is 18.9. The van der Waals surface area contributed by atoms with E-state index in [1.165, 1.54) is 6.42 Å². The van der Waals surface area contributed by atoms with Crippen LogP contribution in [0.4, 0.5) is 10.5 Å². The van der Waals surface area contributed by atoms with E-state index in [-0.39, 0.29) is 25.2 Å². The van der Waals surface area contributed by atoms with Crippen molar-refractivity contribution in [2.24, 2.45) is 0 Å². The van der Waals surface area contributed by atoms with E-state index in [4.69, 9.17) is 9.47 Å². The Labute approximate surface area is 157 Å². The van der Waals surface area contributed by atoms with Gasteiger partial charge in [0.05, 0.1) is 24.5 Å². The predicted molar refractivity (Wildman–Crippen MR) is 99.1 cm³/mol. The van der Waals surface area contributed by atoms with Gasteiger partial charge in [0.2, 0.25) is 5.91 Å². The van der Waals surface area contributed by atoms with Crippen LogP contribution in [0, 0.1) is 0 Å². The van der Waals surface area contributed by atoms with Crippen LogP contribution in [-0.2, 0) is 27.4 Å². The quantitative estimate of drug-likeness (QED) is 0.778. The number of nitrogens with one attached hydrogen (secondary N) is 2. The van der Waals surface area contributed by atoms with E-state index < -0.39 is 6.09 Å². The Morgan fingerprint density at radius 1 is 1.26 bits per heavy atom. The third-order valence-corrected chi connectivity index (χ3v) is 4.19. The number of anilines is 1. The van der Waals surface area contributed by atoms with E-state index >= 15 is 0 Å². The summed E-state index contributed by atoms with van der Waals surface area (Å²) in [6.45, 7) is 1.44. The minimum absolute atomic E-state index is 0.157. The lowest BCUT2D eigenvalue weighted by Crippen LogP contribution is -2.33. The molecule has 0 aliphatic carbocycles. The number of benzene rings is 1. The molecule has 1 aromatic heterocycles. The summed E-state index contributed by atoms with van der Waals surface area (Å²) in [6.07, 6.45) is 6.16. The van der Waals surface area contributed by atoms with Crippen LogP contribution in [0.2, 0.25) is 0 Å². The zero-order chi connectivity index (χ0) is 18.9. The fourth-order valence-electron chi connectivity index (χ4n) is 2.82. The van der Waals surface area contributed by atoms with Crippen molar-refractivity contribution in [1.82, 2.24) is 15.1 Å². The van der Waals surface area contributed by atoms with Crippen LogP contribution >= 0.6 is 0 Å². The zero-order valence-electron chi connectivity index (χ0n) is 15.1. The summed E-state index contributed by atoms with van der Waals surface area (Å²) in [5.41, 5.74) is 1.46. The van der Waals surface area contributed by atoms with Crippen molar-refractivity contribution in [3.05, 3.63) is 48.3 Å². The largest absolute Gasteiger partial charge is 0.445 e. The van der Waals surface area contributed by atoms with E-state index in [9.17, 15) is 9.59 Å². The van der Waals surface area contributed by atoms with Gasteiger partial charge in [-0.3, -0.25) is 9.48 Å². The highest BCUT2D eigenvalue weighted by Crippen LogP contribution is 2.15. The SMILES string of the molecule is O=C(CNC(=O)OCc1ccccc1)Nc1cnn(CC2CCCCO2)c1. The first-order valence-corrected chi connectivity index (χ1v) is 9.07. The molecular weight excluding hydrogens is 348 g/mol. The van der Waals surface area contributed by atoms with Crippen molar-refractivity contribution in [1.29, 1.82) is 0 Å². The van der Waals surface area contributed by atoms with Gasteiger partial charge in [0.1, 0.15) is 13.2 Å². The van der Waals surface area contributed by atoms with Crippen LogP contribution < -0.4 is 10.6 Å². The monoisotopic (exact) mass is 372 g/mol. The predicted octanol–water partition coefficient (Wildman–Crippen LogP) is 2.32. The first-order chi connectivity index (χ1) is 13.2. The van der Waals surface area contributed by atoms with Gasteiger partial charge >= 0.3 is 6.09 Å². The number of carbonyl (C=O) groups is 2. The van der Waals surface area contributed by atoms with Gasteiger partial charge in [-0.25, -0.2) is 4.79 Å². The zero-order valence-corrected chi connectivity index (χ0v) is 15.1. The maximum absolute atomic E-state index is 11.9. The molecule has 144 valence electrons. The molecule has 1 saturated heterocycles. The van der Waals surface area contributed by atoms with E-state index in [1.54, 1.807) is 17.1 Å². The molecule has 1 unspecified atom stereocenters. The molecule has 3 rings (SSSR count). The fourth-order valence-corrected chi connectivity index (χ4v) is 2.82. The molecular formula is C19H24N4O4. The van der Waals surface area contributed by atoms with E-state index in [0.29, 0.717) is 12.2 Å². The molecule has 2 N–H and O–H groups in total. The Morgan fingerprint density at radius 3 is 2.89 bits per heavy atom. The first-order valence-electron chi connectivity index (χ1n) is 9.07. The Morgan fingerprint density at radius 2 is 2.11 bits per heavy atom. The Balaban J connectivity index is 1.35. The van der Waals surface area contributed by atoms with Crippen molar-refractivity contribution in [2.75, 3.05) is 18.5 Å². The number of nitrogens with zero attached hydrogens (tertiary/aromatic N) is 2. The van der Waals surface area contributed by atoms with Crippen molar-refractivity contribution in [3.8, 4) is 0 Å². The topological polar surface area (TPSA) is 94.5 Å². The Kier molecular flexibility index (Phi) is 6.81. The van der Waals surface area contributed by atoms with E-state index in [2.05, 4.69) is 15.7 Å². The molecule has 0 radical (unpaired) electrons. The maximum Gasteiger partial charge on any atom is 0.407 e. The molecule has 0 spiro atoms. The maximum atomic E-state index is 11.9. The Bertz CT molecular complexity index is 741. The second-order valence-corrected chi connectivity index (χ2v) is 6.40. The average Bonchev–Trinajstić information content (AvgIpc) is 3.13. The van der Waals surface area contributed by atoms with Crippen LogP contribution in [0.1, 0.15) is 24.8 Å². The summed E-state index contributed by atoms with van der Waals surface area (Å²) in [6, 6.07) is 9.33. The summed E-state index contributed by atoms with van der Waals surface area (Å²) in [4.78, 5) is 23.6. The van der Waals surface area contributed by atoms with Crippen LogP contribution in [0.25, 0.3) is 0 Å². The fraction of sp³-hybridized carbons (Fsp3) is 0.421. The number of amides is 2. The van der Waals surface area contributed by atoms with Crippen molar-refractivity contribution >= 4 is 17.7 Å². The van der Waals surface area contributed by atoms with E-state index in [1.807, 2.05) is 30.3 Å². The minimum Gasteiger partial charge on any atom is -0.445 e. The number of hydrogen-bond acceptors (Lipinski definition) is 5. The smallest absolute Gasteiger partial charge is 0.407 e. The third-order valence-electron chi connectivity index (χ3n) is 4.19. The molecule has 0 bridgehead atoms. The van der Waals surface area contributed by atoms with Crippen molar-refractivity contribution in [3.63, 3.8) is 0 Å². The van der Waals surface area contributed by atoms with Crippen molar-refractivity contribution < 1.29 is 19.1 Å². The van der Waals surface area contributed by atoms with Crippen LogP contribution in [0.3, 0.4) is 0 Å². The normalized spacial score (nSPS) is 16.5. The van der Waals surface area contributed by atoms with Gasteiger partial charge in [-0.15, -0.1) is 0 Å². The highest BCUT2D eigenvalue weighted by atomic mass is 16.5. The third kappa shape index (κ3) is 6.41. The molecule has 1 atom stereocenters. The molecule has 27 heavy (non-hydrogen) atoms. The lowest BCUT2D eigenvalue weighted by atomic mass is 10.1. The summed E-state index contributed by atoms with van der Waals surface area (Å²) in [5, 5.41) is 9.35. The number of aromatic nitrogens is 2. The lowest BCUT2D eigenvalue weighted by Gasteiger charge is -2.22. The lowest BCUT2D eigenvalue weighted by molar-refractivity contribution is -0.115. The molecule has 2 amide bonds. The van der Waals surface area contributed by atoms with Gasteiger partial charge in [-0.05, 0) is 24.8 Å². The second kappa shape index (κ2) is 9.72. The van der Waals surface area contributed by atoms with E-state index in [0.717, 1.165) is 25.0 Å². The van der Waals surface area contributed by atoms with Gasteiger partial charge in [-0.2, -0.15) is 5.10 Å². The van der Waals surface area contributed by atoms with Gasteiger partial charge in [0.15, 0.2) is 0 Å². The standard InChI is InChI=1S/C19H24N4O4/c24-18(11-20-19(25)27-14-15-6-2-1-3-7-15)22-16-10-21-23(12-16)13-17-8-4-5-9-26-17/h1-3,6-7,10,12,17H,4-5,8-9,11,13-14H2,(H,20,25)(H,22,24). The molecule has 0 saturated carbocycles. The molecule has 2 heterocycles. The van der Waals surface area contributed by atoms with Crippen molar-refractivity contribution in [2.45, 2.75) is 38.5 Å². The van der Waals surface area contributed by atoms with Gasteiger partial charge in [0, 0.05) is 12.8 Å². The molecule has 1 aliphatic heterocycles. The number of ether oxygens (including phenoxy) is 2. The molecule has 1 fully saturated rings. The van der Waals surface area contributed by atoms with Crippen LogP contribution in [-0.4, -0.2) is 41.0 Å². The number of alkyl carbamates (subject to hydrolysis) is 1. The number of hydrogen-bond donors (Lipinski definition) is 2. The summed E-state index contributed by atoms with van der Waals surface area (Å²) < 4.78 is 12.5. The summed E-state index contributed by atoms with van der Waals surface area (Å²) in [5.74, 6) is -0.347. The molecule has 1 aromatic carbocycles. The Hall–Kier alpha value is -2.87. The van der Waals surface area contributed by atoms with Gasteiger partial charge in [0.25, 0.3) is 0 Å². The number of rotatable bonds is 7. The minimum atomic E-state index is -0.640. The van der Waals surface area contributed by atoms with Gasteiger partial charge in [-0.1, -0.05) is 30.3 Å². The molecule has 8 heteroatoms. The molecule has 2 aromatic rings. The summed E-state index contributed by atoms with van der Waals surface area (Å²) in [7, 11) is 0. The average molecular weight is 372 g/mol. The highest BCUT2D eigenvalue weighted by Gasteiger charge is 2.15.